The van der Waals surface area contributed by atoms with Crippen molar-refractivity contribution in [3.8, 4) is 0 Å². The first-order valence-electron chi connectivity index (χ1n) is 14.1. The normalized spacial score (nSPS) is 24.1. The van der Waals surface area contributed by atoms with Gasteiger partial charge in [0, 0.05) is 37.0 Å². The van der Waals surface area contributed by atoms with Crippen molar-refractivity contribution >= 4 is 11.7 Å². The van der Waals surface area contributed by atoms with Crippen LogP contribution in [-0.4, -0.2) is 85.4 Å². The Kier molecular flexibility index (Phi) is 9.67. The standard InChI is InChI=1S/C31H39F4N3O2/c1-21-23(13-9-14-26(21)32)28-24(29(39)22-11-5-4-6-12-22)19-37(17-8-7-16-36(2)3)20-25(28)30(40)38-18-10-15-27(38)31(33,34)35/h4-6,9,11-14,24-25,27-28H,7-8,10,15-20H2,1-3H3/t24-,25+,27-,28+/m0/s1. The summed E-state index contributed by atoms with van der Waals surface area (Å²) in [5, 5.41) is 0. The third-order valence-corrected chi connectivity index (χ3v) is 8.40. The zero-order valence-corrected chi connectivity index (χ0v) is 23.5. The number of ketones is 1. The quantitative estimate of drug-likeness (QED) is 0.229. The van der Waals surface area contributed by atoms with Crippen molar-refractivity contribution in [2.45, 2.75) is 50.7 Å². The molecule has 0 N–H and O–H groups in total. The average Bonchev–Trinajstić information content (AvgIpc) is 3.43. The Hall–Kier alpha value is -2.78. The monoisotopic (exact) mass is 561 g/mol. The summed E-state index contributed by atoms with van der Waals surface area (Å²) in [7, 11) is 3.98. The lowest BCUT2D eigenvalue weighted by atomic mass is 9.69. The van der Waals surface area contributed by atoms with E-state index in [9.17, 15) is 27.2 Å². The minimum atomic E-state index is -4.53. The summed E-state index contributed by atoms with van der Waals surface area (Å²) in [5.74, 6) is -3.62. The summed E-state index contributed by atoms with van der Waals surface area (Å²) in [6, 6.07) is 11.5. The predicted molar refractivity (Wildman–Crippen MR) is 147 cm³/mol. The highest BCUT2D eigenvalue weighted by atomic mass is 19.4. The lowest BCUT2D eigenvalue weighted by Gasteiger charge is -2.45. The van der Waals surface area contributed by atoms with E-state index in [1.165, 1.54) is 6.07 Å². The number of likely N-dealkylation sites (tertiary alicyclic amines) is 2. The molecular weight excluding hydrogens is 522 g/mol. The van der Waals surface area contributed by atoms with Crippen LogP contribution in [0.5, 0.6) is 0 Å². The molecule has 2 fully saturated rings. The van der Waals surface area contributed by atoms with Crippen molar-refractivity contribution in [3.63, 3.8) is 0 Å². The summed E-state index contributed by atoms with van der Waals surface area (Å²) in [6.07, 6.45) is -2.66. The van der Waals surface area contributed by atoms with Gasteiger partial charge in [-0.15, -0.1) is 0 Å². The van der Waals surface area contributed by atoms with Crippen LogP contribution in [0.4, 0.5) is 17.6 Å². The highest BCUT2D eigenvalue weighted by Gasteiger charge is 2.52. The van der Waals surface area contributed by atoms with Crippen LogP contribution in [0, 0.1) is 24.6 Å². The van der Waals surface area contributed by atoms with E-state index in [-0.39, 0.29) is 31.7 Å². The molecule has 2 aromatic rings. The molecule has 0 aliphatic carbocycles. The first-order chi connectivity index (χ1) is 19.0. The molecule has 2 aliphatic rings. The molecule has 2 aromatic carbocycles. The molecule has 2 aliphatic heterocycles. The molecule has 5 nitrogen and oxygen atoms in total. The Morgan fingerprint density at radius 2 is 1.68 bits per heavy atom. The van der Waals surface area contributed by atoms with Gasteiger partial charge in [-0.05, 0) is 77.0 Å². The molecule has 2 heterocycles. The summed E-state index contributed by atoms with van der Waals surface area (Å²) < 4.78 is 56.6. The number of benzene rings is 2. The smallest absolute Gasteiger partial charge is 0.330 e. The predicted octanol–water partition coefficient (Wildman–Crippen LogP) is 5.54. The van der Waals surface area contributed by atoms with Gasteiger partial charge in [0.2, 0.25) is 5.91 Å². The van der Waals surface area contributed by atoms with Crippen LogP contribution in [0.25, 0.3) is 0 Å². The fourth-order valence-corrected chi connectivity index (χ4v) is 6.38. The molecule has 2 saturated heterocycles. The van der Waals surface area contributed by atoms with E-state index in [1.54, 1.807) is 49.4 Å². The second kappa shape index (κ2) is 12.8. The molecule has 4 atom stereocenters. The van der Waals surface area contributed by atoms with E-state index in [0.717, 1.165) is 24.3 Å². The Morgan fingerprint density at radius 1 is 0.975 bits per heavy atom. The minimum absolute atomic E-state index is 0.0223. The summed E-state index contributed by atoms with van der Waals surface area (Å²) in [4.78, 5) is 33.2. The minimum Gasteiger partial charge on any atom is -0.330 e. The van der Waals surface area contributed by atoms with Gasteiger partial charge in [-0.2, -0.15) is 13.2 Å². The van der Waals surface area contributed by atoms with Gasteiger partial charge in [-0.1, -0.05) is 42.5 Å². The molecule has 0 unspecified atom stereocenters. The third kappa shape index (κ3) is 6.74. The number of nitrogens with zero attached hydrogens (tertiary/aromatic N) is 3. The van der Waals surface area contributed by atoms with Crippen molar-refractivity contribution in [2.24, 2.45) is 11.8 Å². The summed E-state index contributed by atoms with van der Waals surface area (Å²) in [5.41, 5.74) is 1.31. The van der Waals surface area contributed by atoms with Gasteiger partial charge in [0.05, 0.1) is 5.92 Å². The second-order valence-electron chi connectivity index (χ2n) is 11.4. The average molecular weight is 562 g/mol. The first kappa shape index (κ1) is 30.2. The topological polar surface area (TPSA) is 43.9 Å². The van der Waals surface area contributed by atoms with Gasteiger partial charge in [0.15, 0.2) is 5.78 Å². The number of piperidine rings is 1. The Labute approximate surface area is 234 Å². The zero-order valence-electron chi connectivity index (χ0n) is 23.5. The van der Waals surface area contributed by atoms with E-state index in [0.29, 0.717) is 29.8 Å². The molecule has 0 spiro atoms. The van der Waals surface area contributed by atoms with Crippen molar-refractivity contribution in [3.05, 3.63) is 71.0 Å². The van der Waals surface area contributed by atoms with Crippen molar-refractivity contribution in [1.82, 2.24) is 14.7 Å². The lowest BCUT2D eigenvalue weighted by molar-refractivity contribution is -0.185. The van der Waals surface area contributed by atoms with Crippen LogP contribution in [0.2, 0.25) is 0 Å². The van der Waals surface area contributed by atoms with Crippen LogP contribution < -0.4 is 0 Å². The number of halogens is 4. The van der Waals surface area contributed by atoms with Crippen LogP contribution >= 0.6 is 0 Å². The third-order valence-electron chi connectivity index (χ3n) is 8.40. The molecular formula is C31H39F4N3O2. The largest absolute Gasteiger partial charge is 0.408 e. The molecule has 218 valence electrons. The number of alkyl halides is 3. The maximum absolute atomic E-state index is 14.8. The number of hydrogen-bond donors (Lipinski definition) is 0. The molecule has 40 heavy (non-hydrogen) atoms. The zero-order chi connectivity index (χ0) is 29.0. The van der Waals surface area contributed by atoms with Gasteiger partial charge in [0.1, 0.15) is 11.9 Å². The van der Waals surface area contributed by atoms with Gasteiger partial charge >= 0.3 is 6.18 Å². The van der Waals surface area contributed by atoms with Crippen LogP contribution in [0.1, 0.15) is 53.1 Å². The van der Waals surface area contributed by atoms with Gasteiger partial charge in [-0.25, -0.2) is 4.39 Å². The van der Waals surface area contributed by atoms with Crippen LogP contribution in [-0.2, 0) is 4.79 Å². The molecule has 0 bridgehead atoms. The van der Waals surface area contributed by atoms with E-state index >= 15 is 0 Å². The second-order valence-corrected chi connectivity index (χ2v) is 11.4. The van der Waals surface area contributed by atoms with E-state index in [2.05, 4.69) is 4.90 Å². The number of carbonyl (C=O) groups is 2. The Bertz CT molecular complexity index is 1170. The van der Waals surface area contributed by atoms with Crippen molar-refractivity contribution in [1.29, 1.82) is 0 Å². The van der Waals surface area contributed by atoms with E-state index in [4.69, 9.17) is 0 Å². The molecule has 0 aromatic heterocycles. The number of rotatable bonds is 9. The lowest BCUT2D eigenvalue weighted by Crippen LogP contribution is -2.55. The maximum Gasteiger partial charge on any atom is 0.408 e. The van der Waals surface area contributed by atoms with Crippen molar-refractivity contribution in [2.75, 3.05) is 46.8 Å². The summed E-state index contributed by atoms with van der Waals surface area (Å²) >= 11 is 0. The molecule has 1 amide bonds. The van der Waals surface area contributed by atoms with Crippen LogP contribution in [0.3, 0.4) is 0 Å². The maximum atomic E-state index is 14.8. The highest BCUT2D eigenvalue weighted by Crippen LogP contribution is 2.43. The van der Waals surface area contributed by atoms with Gasteiger partial charge < -0.3 is 14.7 Å². The number of Topliss-reactive ketones (excluding diaryl/α,β-unsaturated/α-hetero) is 1. The van der Waals surface area contributed by atoms with E-state index in [1.807, 2.05) is 19.0 Å². The SMILES string of the molecule is Cc1c(F)cccc1[C@@H]1[C@@H](C(=O)c2ccccc2)CN(CCCCN(C)C)C[C@H]1C(=O)N1CCC[C@H]1C(F)(F)F. The fraction of sp³-hybridized carbons (Fsp3) is 0.548. The fourth-order valence-electron chi connectivity index (χ4n) is 6.38. The number of carbonyl (C=O) groups excluding carboxylic acids is 2. The molecule has 9 heteroatoms. The van der Waals surface area contributed by atoms with Gasteiger partial charge in [0.25, 0.3) is 0 Å². The molecule has 0 radical (unpaired) electrons. The Balaban J connectivity index is 1.76. The van der Waals surface area contributed by atoms with Gasteiger partial charge in [-0.3, -0.25) is 9.59 Å². The summed E-state index contributed by atoms with van der Waals surface area (Å²) in [6.45, 7) is 3.71. The first-order valence-corrected chi connectivity index (χ1v) is 14.1. The van der Waals surface area contributed by atoms with Crippen LogP contribution in [0.15, 0.2) is 48.5 Å². The number of amides is 1. The van der Waals surface area contributed by atoms with Crippen molar-refractivity contribution < 1.29 is 27.2 Å². The number of hydrogen-bond acceptors (Lipinski definition) is 4. The number of unbranched alkanes of at least 4 members (excludes halogenated alkanes) is 1. The van der Waals surface area contributed by atoms with E-state index < -0.39 is 41.7 Å². The highest BCUT2D eigenvalue weighted by molar-refractivity contribution is 5.99. The molecule has 4 rings (SSSR count). The molecule has 0 saturated carbocycles. The Morgan fingerprint density at radius 3 is 2.35 bits per heavy atom.